The van der Waals surface area contributed by atoms with Crippen molar-refractivity contribution in [3.8, 4) is 0 Å². The minimum absolute atomic E-state index is 0.0669. The Labute approximate surface area is 169 Å². The van der Waals surface area contributed by atoms with Gasteiger partial charge in [-0.1, -0.05) is 61.5 Å². The van der Waals surface area contributed by atoms with Crippen molar-refractivity contribution in [1.29, 1.82) is 0 Å². The average molecular weight is 389 g/mol. The van der Waals surface area contributed by atoms with Gasteiger partial charge in [0.2, 0.25) is 5.91 Å². The van der Waals surface area contributed by atoms with Gasteiger partial charge < -0.3 is 14.4 Å². The number of carbonyl (C=O) groups excluding carboxylic acids is 2. The molecule has 0 N–H and O–H groups in total. The molecule has 5 nitrogen and oxygen atoms in total. The zero-order valence-electron chi connectivity index (χ0n) is 16.3. The summed E-state index contributed by atoms with van der Waals surface area (Å²) in [6, 6.07) is 17.6. The SMILES string of the molecule is CCc1ccc(N2C[C@@]34C=C[C@H](O3)[C@H](C(=O)OCc3ccccc3)[C@@H]4C2=O)cc1. The van der Waals surface area contributed by atoms with Crippen molar-refractivity contribution >= 4 is 17.6 Å². The molecule has 5 rings (SSSR count). The van der Waals surface area contributed by atoms with Crippen molar-refractivity contribution in [2.45, 2.75) is 31.7 Å². The lowest BCUT2D eigenvalue weighted by Gasteiger charge is -2.22. The predicted octanol–water partition coefficient (Wildman–Crippen LogP) is 3.28. The number of esters is 1. The van der Waals surface area contributed by atoms with Crippen LogP contribution in [0, 0.1) is 11.8 Å². The molecule has 148 valence electrons. The molecule has 4 atom stereocenters. The smallest absolute Gasteiger partial charge is 0.313 e. The highest BCUT2D eigenvalue weighted by molar-refractivity contribution is 6.02. The first-order valence-electron chi connectivity index (χ1n) is 10.1. The summed E-state index contributed by atoms with van der Waals surface area (Å²) < 4.78 is 11.7. The topological polar surface area (TPSA) is 55.8 Å². The third-order valence-corrected chi connectivity index (χ3v) is 6.25. The van der Waals surface area contributed by atoms with Crippen LogP contribution in [0.25, 0.3) is 0 Å². The van der Waals surface area contributed by atoms with E-state index in [1.807, 2.05) is 66.7 Å². The fourth-order valence-corrected chi connectivity index (χ4v) is 4.72. The fraction of sp³-hybridized carbons (Fsp3) is 0.333. The summed E-state index contributed by atoms with van der Waals surface area (Å²) in [5.41, 5.74) is 2.25. The number of hydrogen-bond donors (Lipinski definition) is 0. The van der Waals surface area contributed by atoms with Crippen LogP contribution in [0.3, 0.4) is 0 Å². The van der Waals surface area contributed by atoms with Gasteiger partial charge in [0, 0.05) is 5.69 Å². The maximum absolute atomic E-state index is 13.3. The molecule has 1 spiro atoms. The van der Waals surface area contributed by atoms with Gasteiger partial charge in [-0.2, -0.15) is 0 Å². The standard InChI is InChI=1S/C24H23NO4/c1-2-16-8-10-18(11-9-16)25-15-24-13-12-19(29-24)20(21(24)22(25)26)23(27)28-14-17-6-4-3-5-7-17/h3-13,19-21H,2,14-15H2,1H3/t19-,20-,21+,24+/m0/s1. The van der Waals surface area contributed by atoms with E-state index in [-0.39, 0.29) is 18.5 Å². The molecule has 2 fully saturated rings. The van der Waals surface area contributed by atoms with Crippen molar-refractivity contribution in [3.05, 3.63) is 77.9 Å². The second-order valence-electron chi connectivity index (χ2n) is 7.94. The Kier molecular flexibility index (Phi) is 4.28. The largest absolute Gasteiger partial charge is 0.460 e. The third-order valence-electron chi connectivity index (χ3n) is 6.25. The van der Waals surface area contributed by atoms with Crippen LogP contribution in [0.2, 0.25) is 0 Å². The number of rotatable bonds is 5. The summed E-state index contributed by atoms with van der Waals surface area (Å²) in [7, 11) is 0. The van der Waals surface area contributed by atoms with Gasteiger partial charge in [-0.05, 0) is 29.7 Å². The fourth-order valence-electron chi connectivity index (χ4n) is 4.72. The van der Waals surface area contributed by atoms with Gasteiger partial charge >= 0.3 is 5.97 Å². The normalized spacial score (nSPS) is 29.3. The van der Waals surface area contributed by atoms with E-state index >= 15 is 0 Å². The van der Waals surface area contributed by atoms with E-state index in [2.05, 4.69) is 6.92 Å². The number of aryl methyl sites for hydroxylation is 1. The molecule has 29 heavy (non-hydrogen) atoms. The molecule has 0 saturated carbocycles. The highest BCUT2D eigenvalue weighted by Gasteiger charge is 2.67. The van der Waals surface area contributed by atoms with Crippen molar-refractivity contribution in [2.24, 2.45) is 11.8 Å². The Morgan fingerprint density at radius 3 is 2.62 bits per heavy atom. The average Bonchev–Trinajstić information content (AvgIpc) is 3.41. The lowest BCUT2D eigenvalue weighted by Crippen LogP contribution is -2.40. The Morgan fingerprint density at radius 1 is 1.14 bits per heavy atom. The van der Waals surface area contributed by atoms with Crippen molar-refractivity contribution in [3.63, 3.8) is 0 Å². The van der Waals surface area contributed by atoms with E-state index < -0.39 is 23.5 Å². The number of benzene rings is 2. The molecule has 2 aromatic carbocycles. The number of carbonyl (C=O) groups is 2. The lowest BCUT2D eigenvalue weighted by molar-refractivity contribution is -0.153. The molecule has 3 aliphatic rings. The molecule has 3 aliphatic heterocycles. The van der Waals surface area contributed by atoms with E-state index in [1.165, 1.54) is 5.56 Å². The van der Waals surface area contributed by atoms with Crippen LogP contribution in [0.5, 0.6) is 0 Å². The van der Waals surface area contributed by atoms with Crippen molar-refractivity contribution < 1.29 is 19.1 Å². The van der Waals surface area contributed by atoms with Gasteiger partial charge in [0.1, 0.15) is 18.1 Å². The van der Waals surface area contributed by atoms with Gasteiger partial charge in [-0.3, -0.25) is 9.59 Å². The second kappa shape index (κ2) is 6.85. The van der Waals surface area contributed by atoms with Gasteiger partial charge in [-0.15, -0.1) is 0 Å². The maximum Gasteiger partial charge on any atom is 0.313 e. The Balaban J connectivity index is 1.37. The highest BCUT2D eigenvalue weighted by atomic mass is 16.6. The number of nitrogens with zero attached hydrogens (tertiary/aromatic N) is 1. The van der Waals surface area contributed by atoms with E-state index in [4.69, 9.17) is 9.47 Å². The molecular formula is C24H23NO4. The Hall–Kier alpha value is -2.92. The monoisotopic (exact) mass is 389 g/mol. The van der Waals surface area contributed by atoms with Crippen LogP contribution < -0.4 is 4.90 Å². The lowest BCUT2D eigenvalue weighted by atomic mass is 9.77. The van der Waals surface area contributed by atoms with Crippen LogP contribution in [-0.4, -0.2) is 30.1 Å². The molecule has 5 heteroatoms. The maximum atomic E-state index is 13.3. The zero-order valence-corrected chi connectivity index (χ0v) is 16.3. The molecule has 2 aromatic rings. The Morgan fingerprint density at radius 2 is 1.90 bits per heavy atom. The summed E-state index contributed by atoms with van der Waals surface area (Å²) in [5, 5.41) is 0. The van der Waals surface area contributed by atoms with Crippen molar-refractivity contribution in [1.82, 2.24) is 0 Å². The molecule has 2 saturated heterocycles. The van der Waals surface area contributed by atoms with Gasteiger partial charge in [0.25, 0.3) is 0 Å². The van der Waals surface area contributed by atoms with Crippen LogP contribution in [0.15, 0.2) is 66.7 Å². The number of ether oxygens (including phenoxy) is 2. The molecular weight excluding hydrogens is 366 g/mol. The summed E-state index contributed by atoms with van der Waals surface area (Å²) >= 11 is 0. The van der Waals surface area contributed by atoms with E-state index in [0.29, 0.717) is 6.54 Å². The van der Waals surface area contributed by atoms with Crippen LogP contribution in [0.4, 0.5) is 5.69 Å². The third kappa shape index (κ3) is 2.88. The quantitative estimate of drug-likeness (QED) is 0.582. The summed E-state index contributed by atoms with van der Waals surface area (Å²) in [4.78, 5) is 28.0. The number of fused-ring (bicyclic) bond motifs is 1. The number of amides is 1. The molecule has 1 amide bonds. The van der Waals surface area contributed by atoms with Crippen LogP contribution in [0.1, 0.15) is 18.1 Å². The second-order valence-corrected chi connectivity index (χ2v) is 7.94. The summed E-state index contributed by atoms with van der Waals surface area (Å²) in [6.07, 6.45) is 4.42. The minimum atomic E-state index is -0.735. The first-order chi connectivity index (χ1) is 14.1. The van der Waals surface area contributed by atoms with Gasteiger partial charge in [0.15, 0.2) is 0 Å². The molecule has 0 radical (unpaired) electrons. The minimum Gasteiger partial charge on any atom is -0.460 e. The molecule has 0 aromatic heterocycles. The number of hydrogen-bond acceptors (Lipinski definition) is 4. The molecule has 3 heterocycles. The first kappa shape index (κ1) is 18.1. The van der Waals surface area contributed by atoms with E-state index in [9.17, 15) is 9.59 Å². The first-order valence-corrected chi connectivity index (χ1v) is 10.1. The molecule has 0 unspecified atom stereocenters. The number of anilines is 1. The van der Waals surface area contributed by atoms with E-state index in [1.54, 1.807) is 4.90 Å². The Bertz CT molecular complexity index is 968. The molecule has 2 bridgehead atoms. The van der Waals surface area contributed by atoms with Gasteiger partial charge in [-0.25, -0.2) is 0 Å². The highest BCUT2D eigenvalue weighted by Crippen LogP contribution is 2.52. The summed E-state index contributed by atoms with van der Waals surface area (Å²) in [6.45, 7) is 2.72. The van der Waals surface area contributed by atoms with Gasteiger partial charge in [0.05, 0.1) is 18.6 Å². The molecule has 0 aliphatic carbocycles. The van der Waals surface area contributed by atoms with E-state index in [0.717, 1.165) is 17.7 Å². The zero-order chi connectivity index (χ0) is 20.0. The predicted molar refractivity (Wildman–Crippen MR) is 108 cm³/mol. The summed E-state index contributed by atoms with van der Waals surface area (Å²) in [5.74, 6) is -1.57. The van der Waals surface area contributed by atoms with Crippen LogP contribution in [-0.2, 0) is 32.1 Å². The van der Waals surface area contributed by atoms with Crippen molar-refractivity contribution in [2.75, 3.05) is 11.4 Å². The van der Waals surface area contributed by atoms with Crippen LogP contribution >= 0.6 is 0 Å².